The molecule has 9 aromatic carbocycles. The van der Waals surface area contributed by atoms with Crippen molar-refractivity contribution in [3.8, 4) is 28.7 Å². The van der Waals surface area contributed by atoms with Crippen molar-refractivity contribution in [3.05, 3.63) is 266 Å². The van der Waals surface area contributed by atoms with Crippen molar-refractivity contribution in [3.63, 3.8) is 0 Å². The molecule has 0 spiro atoms. The summed E-state index contributed by atoms with van der Waals surface area (Å²) in [5.74, 6) is 0.288. The Kier molecular flexibility index (Phi) is 37.3. The molecule has 0 aromatic heterocycles. The van der Waals surface area contributed by atoms with Gasteiger partial charge < -0.3 is 50.8 Å². The molecule has 0 unspecified atom stereocenters. The number of halogens is 3. The predicted octanol–water partition coefficient (Wildman–Crippen LogP) is 19.3. The molecule has 97 heavy (non-hydrogen) atoms. The molecule has 0 radical (unpaired) electrons. The van der Waals surface area contributed by atoms with Gasteiger partial charge in [0.25, 0.3) is 5.69 Å². The molecule has 8 N–H and O–H groups in total. The number of benzene rings is 9. The van der Waals surface area contributed by atoms with E-state index in [4.69, 9.17) is 25.2 Å². The number of amides is 3. The quantitative estimate of drug-likeness (QED) is 0.0547. The number of anilines is 5. The molecule has 9 aromatic rings. The highest BCUT2D eigenvalue weighted by Gasteiger charge is 2.31. The number of phenols is 4. The second-order valence-corrected chi connectivity index (χ2v) is 23.0. The number of phenolic OH excluding ortho intramolecular Hbond substituents is 4. The van der Waals surface area contributed by atoms with Gasteiger partial charge >= 0.3 is 12.5 Å². The van der Waals surface area contributed by atoms with Crippen LogP contribution < -0.4 is 30.9 Å². The maximum absolute atomic E-state index is 11.7. The van der Waals surface area contributed by atoms with Crippen LogP contribution >= 0.6 is 0 Å². The monoisotopic (exact) mass is 1340 g/mol. The highest BCUT2D eigenvalue weighted by atomic mass is 19.4. The smallest absolute Gasteiger partial charge is 0.508 e. The van der Waals surface area contributed by atoms with Crippen molar-refractivity contribution in [1.82, 2.24) is 0 Å². The van der Waals surface area contributed by atoms with Crippen molar-refractivity contribution >= 4 is 52.0 Å². The van der Waals surface area contributed by atoms with E-state index < -0.39 is 18.1 Å². The van der Waals surface area contributed by atoms with E-state index in [1.165, 1.54) is 84.4 Å². The molecule has 0 saturated carbocycles. The summed E-state index contributed by atoms with van der Waals surface area (Å²) in [6.45, 7) is 27.3. The minimum absolute atomic E-state index is 0.0284. The van der Waals surface area contributed by atoms with Gasteiger partial charge in [0.15, 0.2) is 0 Å². The maximum atomic E-state index is 11.7. The summed E-state index contributed by atoms with van der Waals surface area (Å²) in [5, 5.41) is 57.2. The van der Waals surface area contributed by atoms with E-state index in [-0.39, 0.29) is 51.2 Å². The Morgan fingerprint density at radius 3 is 1.29 bits per heavy atom. The van der Waals surface area contributed by atoms with Gasteiger partial charge in [-0.25, -0.2) is 4.79 Å². The summed E-state index contributed by atoms with van der Waals surface area (Å²) in [4.78, 5) is 44.8. The molecular formula is C77H95F3N6O11. The summed E-state index contributed by atoms with van der Waals surface area (Å²) in [6.07, 6.45) is -5.02. The number of alkyl halides is 3. The molecule has 0 atom stereocenters. The summed E-state index contributed by atoms with van der Waals surface area (Å²) < 4.78 is 44.0. The van der Waals surface area contributed by atoms with Crippen LogP contribution in [-0.4, -0.2) is 76.4 Å². The third kappa shape index (κ3) is 36.9. The van der Waals surface area contributed by atoms with Crippen molar-refractivity contribution in [2.45, 2.75) is 116 Å². The summed E-state index contributed by atoms with van der Waals surface area (Å²) >= 11 is 0. The lowest BCUT2D eigenvalue weighted by Gasteiger charge is -2.20. The van der Waals surface area contributed by atoms with E-state index in [1.807, 2.05) is 140 Å². The van der Waals surface area contributed by atoms with Crippen LogP contribution in [0, 0.1) is 79.4 Å². The molecule has 0 saturated heterocycles. The van der Waals surface area contributed by atoms with Crippen molar-refractivity contribution in [2.24, 2.45) is 0 Å². The molecule has 0 bridgehead atoms. The zero-order valence-electron chi connectivity index (χ0n) is 58.7. The van der Waals surface area contributed by atoms with E-state index in [0.29, 0.717) is 11.1 Å². The van der Waals surface area contributed by atoms with E-state index in [2.05, 4.69) is 95.2 Å². The number of hydrogen-bond acceptors (Lipinski definition) is 13. The Balaban J connectivity index is 0.000000548. The van der Waals surface area contributed by atoms with E-state index in [9.17, 15) is 37.7 Å². The lowest BCUT2D eigenvalue weighted by molar-refractivity contribution is -0.385. The molecule has 0 fully saturated rings. The number of rotatable bonds is 7. The molecule has 3 amide bonds. The third-order valence-electron chi connectivity index (χ3n) is 13.0. The Labute approximate surface area is 569 Å². The fraction of sp³-hybridized carbons (Fsp3) is 0.260. The fourth-order valence-corrected chi connectivity index (χ4v) is 7.80. The van der Waals surface area contributed by atoms with E-state index in [0.717, 1.165) is 44.9 Å². The van der Waals surface area contributed by atoms with Crippen molar-refractivity contribution in [2.75, 3.05) is 47.3 Å². The number of hydrogen-bond donors (Lipinski definition) is 8. The first kappa shape index (κ1) is 84.0. The number of para-hydroxylation sites is 5. The van der Waals surface area contributed by atoms with Gasteiger partial charge in [-0.15, -0.1) is 13.2 Å². The predicted molar refractivity (Wildman–Crippen MR) is 388 cm³/mol. The highest BCUT2D eigenvalue weighted by molar-refractivity contribution is 5.89. The minimum Gasteiger partial charge on any atom is -0.508 e. The van der Waals surface area contributed by atoms with Crippen molar-refractivity contribution in [1.29, 1.82) is 0 Å². The SMILES string of the molecule is CC(=O)Nc1ccc(C)cc1.CC(=O)Nc1ccccc1C.CNc1ccccc1C.Cc1c(O)cccc1O.Cc1ccc(O)cc1O.Cc1ccc([N+](=O)[O-])c(C)c1.Cc1ccccc1N(C)C.Cc1ccccc1NC(=O)OC(C)(C)C.Cc1ccccc1OC(F)(F)F. The second-order valence-electron chi connectivity index (χ2n) is 23.0. The molecule has 0 aliphatic carbocycles. The largest absolute Gasteiger partial charge is 0.573 e. The van der Waals surface area contributed by atoms with Crippen LogP contribution in [0.25, 0.3) is 0 Å². The molecule has 0 aliphatic rings. The van der Waals surface area contributed by atoms with Gasteiger partial charge in [0.1, 0.15) is 34.3 Å². The van der Waals surface area contributed by atoms with Gasteiger partial charge in [0.05, 0.1) is 4.92 Å². The summed E-state index contributed by atoms with van der Waals surface area (Å²) in [5.41, 5.74) is 14.2. The zero-order chi connectivity index (χ0) is 73.6. The zero-order valence-corrected chi connectivity index (χ0v) is 58.7. The van der Waals surface area contributed by atoms with E-state index >= 15 is 0 Å². The molecule has 9 rings (SSSR count). The van der Waals surface area contributed by atoms with Crippen LogP contribution in [-0.2, 0) is 14.3 Å². The Morgan fingerprint density at radius 1 is 0.474 bits per heavy atom. The van der Waals surface area contributed by atoms with Gasteiger partial charge in [-0.1, -0.05) is 132 Å². The maximum Gasteiger partial charge on any atom is 0.573 e. The Hall–Kier alpha value is -11.0. The number of nitro benzene ring substituents is 1. The molecule has 17 nitrogen and oxygen atoms in total. The van der Waals surface area contributed by atoms with E-state index in [1.54, 1.807) is 64.1 Å². The first-order valence-corrected chi connectivity index (χ1v) is 30.5. The average Bonchev–Trinajstić information content (AvgIpc) is 1.27. The van der Waals surface area contributed by atoms with Gasteiger partial charge in [-0.2, -0.15) is 0 Å². The topological polar surface area (TPSA) is 245 Å². The number of carbonyl (C=O) groups is 3. The molecule has 20 heteroatoms. The number of carbonyl (C=O) groups excluding carboxylic acids is 3. The Morgan fingerprint density at radius 2 is 0.918 bits per heavy atom. The molecule has 0 aliphatic heterocycles. The van der Waals surface area contributed by atoms with Crippen LogP contribution in [0.2, 0.25) is 0 Å². The first-order valence-electron chi connectivity index (χ1n) is 30.5. The van der Waals surface area contributed by atoms with Crippen LogP contribution in [0.4, 0.5) is 52.1 Å². The second kappa shape index (κ2) is 43.1. The normalized spacial score (nSPS) is 9.87. The number of aromatic hydroxyl groups is 4. The lowest BCUT2D eigenvalue weighted by atomic mass is 10.1. The number of nitrogens with zero attached hydrogens (tertiary/aromatic N) is 2. The van der Waals surface area contributed by atoms with Gasteiger partial charge in [-0.3, -0.25) is 25.0 Å². The minimum atomic E-state index is -4.61. The molecule has 0 heterocycles. The van der Waals surface area contributed by atoms with Crippen LogP contribution in [0.3, 0.4) is 0 Å². The summed E-state index contributed by atoms with van der Waals surface area (Å²) in [6, 6.07) is 59.8. The van der Waals surface area contributed by atoms with Gasteiger partial charge in [-0.05, 0) is 190 Å². The third-order valence-corrected chi connectivity index (χ3v) is 13.0. The first-order chi connectivity index (χ1) is 45.3. The average molecular weight is 1340 g/mol. The fourth-order valence-electron chi connectivity index (χ4n) is 7.80. The molecule has 520 valence electrons. The Bertz CT molecular complexity index is 3850. The van der Waals surface area contributed by atoms with Gasteiger partial charge in [0, 0.05) is 86.7 Å². The molecular weight excluding hydrogens is 1240 g/mol. The number of nitrogens with one attached hydrogen (secondary N) is 4. The van der Waals surface area contributed by atoms with Crippen LogP contribution in [0.5, 0.6) is 28.7 Å². The van der Waals surface area contributed by atoms with Crippen LogP contribution in [0.15, 0.2) is 200 Å². The van der Waals surface area contributed by atoms with Crippen LogP contribution in [0.1, 0.15) is 90.3 Å². The summed E-state index contributed by atoms with van der Waals surface area (Å²) in [7, 11) is 6.05. The number of ether oxygens (including phenoxy) is 2. The highest BCUT2D eigenvalue weighted by Crippen LogP contribution is 2.27. The van der Waals surface area contributed by atoms with Crippen molar-refractivity contribution < 1.29 is 62.4 Å². The standard InChI is InChI=1S/C12H17NO2.2C9H11NO.C9H13N.C8H7F3O.C8H9NO2.C8H11N.2C7H8O2/c1-9-7-5-6-8-10(9)13-11(14)15-12(2,3)4;1-7-3-5-9(6-4-7)10-8(2)11;1-7-5-3-4-6-9(7)10-8(2)11;1-8-6-4-5-7-9(8)10(2)3;1-6-4-2-3-5-7(6)12-8(9,10)11;1-6-3-4-8(9(10)11)7(2)5-6;1-7-5-3-4-6-8(7)9-2;1-5-2-3-6(8)4-7(5)9;1-5-6(8)3-2-4-7(5)9/h5-8H,1-4H3,(H,13,14);2*3-6H,1-2H3,(H,10,11);4-7H,1-3H3;2-5H,1H3;3-5H,1-2H3;3-6,9H,1-2H3;2*2-4,8-9H,1H3. The number of aryl methyl sites for hydroxylation is 9. The lowest BCUT2D eigenvalue weighted by Crippen LogP contribution is -2.27. The van der Waals surface area contributed by atoms with Gasteiger partial charge in [0.2, 0.25) is 11.8 Å². The number of nitro groups is 1.